The van der Waals surface area contributed by atoms with Crippen LogP contribution in [-0.4, -0.2) is 11.2 Å². The van der Waals surface area contributed by atoms with Gasteiger partial charge in [-0.3, -0.25) is 0 Å². The second-order valence-electron chi connectivity index (χ2n) is 4.09. The maximum Gasteiger partial charge on any atom is 0.0583 e. The zero-order valence-electron chi connectivity index (χ0n) is 9.11. The quantitative estimate of drug-likeness (QED) is 0.760. The van der Waals surface area contributed by atoms with Crippen LogP contribution in [0.1, 0.15) is 32.3 Å². The summed E-state index contributed by atoms with van der Waals surface area (Å²) in [4.78, 5) is 0. The molecule has 0 spiro atoms. The lowest BCUT2D eigenvalue weighted by Gasteiger charge is -2.14. The van der Waals surface area contributed by atoms with Crippen molar-refractivity contribution in [2.24, 2.45) is 5.92 Å². The molecule has 1 rings (SSSR count). The van der Waals surface area contributed by atoms with Gasteiger partial charge in [-0.15, -0.1) is 0 Å². The average molecular weight is 192 g/mol. The first-order valence-corrected chi connectivity index (χ1v) is 5.44. The summed E-state index contributed by atoms with van der Waals surface area (Å²) in [7, 11) is 0. The first-order chi connectivity index (χ1) is 6.72. The van der Waals surface area contributed by atoms with Gasteiger partial charge >= 0.3 is 0 Å². The van der Waals surface area contributed by atoms with E-state index in [4.69, 9.17) is 0 Å². The van der Waals surface area contributed by atoms with Crippen molar-refractivity contribution < 1.29 is 5.11 Å². The molecule has 78 valence electrons. The van der Waals surface area contributed by atoms with E-state index in [0.717, 1.165) is 19.3 Å². The number of hydrogen-bond acceptors (Lipinski definition) is 1. The lowest BCUT2D eigenvalue weighted by molar-refractivity contribution is 0.144. The highest BCUT2D eigenvalue weighted by Crippen LogP contribution is 2.13. The van der Waals surface area contributed by atoms with Crippen molar-refractivity contribution in [2.75, 3.05) is 0 Å². The largest absolute Gasteiger partial charge is 0.393 e. The molecule has 0 aromatic heterocycles. The van der Waals surface area contributed by atoms with E-state index in [9.17, 15) is 5.11 Å². The summed E-state index contributed by atoms with van der Waals surface area (Å²) < 4.78 is 0. The summed E-state index contributed by atoms with van der Waals surface area (Å²) in [5.74, 6) is 0.619. The highest BCUT2D eigenvalue weighted by atomic mass is 16.3. The van der Waals surface area contributed by atoms with E-state index >= 15 is 0 Å². The Bertz CT molecular complexity index is 243. The summed E-state index contributed by atoms with van der Waals surface area (Å²) in [5, 5.41) is 9.80. The summed E-state index contributed by atoms with van der Waals surface area (Å²) in [5.41, 5.74) is 1.23. The molecule has 0 saturated carbocycles. The Labute approximate surface area is 86.8 Å². The van der Waals surface area contributed by atoms with Crippen LogP contribution in [0.15, 0.2) is 30.3 Å². The number of aliphatic hydroxyl groups is 1. The van der Waals surface area contributed by atoms with Crippen LogP contribution >= 0.6 is 0 Å². The smallest absolute Gasteiger partial charge is 0.0583 e. The van der Waals surface area contributed by atoms with Crippen LogP contribution in [0.3, 0.4) is 0 Å². The van der Waals surface area contributed by atoms with Gasteiger partial charge in [0.25, 0.3) is 0 Å². The molecule has 1 nitrogen and oxygen atoms in total. The molecule has 1 N–H and O–H groups in total. The number of aliphatic hydroxyl groups excluding tert-OH is 1. The Morgan fingerprint density at radius 3 is 2.43 bits per heavy atom. The summed E-state index contributed by atoms with van der Waals surface area (Å²) in [6, 6.07) is 10.2. The lowest BCUT2D eigenvalue weighted by atomic mass is 9.97. The lowest BCUT2D eigenvalue weighted by Crippen LogP contribution is -2.14. The molecule has 0 radical (unpaired) electrons. The maximum absolute atomic E-state index is 9.80. The summed E-state index contributed by atoms with van der Waals surface area (Å²) >= 11 is 0. The fraction of sp³-hybridized carbons (Fsp3) is 0.538. The predicted octanol–water partition coefficient (Wildman–Crippen LogP) is 3.03. The highest BCUT2D eigenvalue weighted by molar-refractivity contribution is 5.15. The van der Waals surface area contributed by atoms with Gasteiger partial charge in [0.15, 0.2) is 0 Å². The van der Waals surface area contributed by atoms with Crippen molar-refractivity contribution in [1.29, 1.82) is 0 Å². The van der Waals surface area contributed by atoms with Crippen LogP contribution in [-0.2, 0) is 6.42 Å². The fourth-order valence-corrected chi connectivity index (χ4v) is 1.60. The molecule has 1 aromatic rings. The first kappa shape index (κ1) is 11.3. The highest BCUT2D eigenvalue weighted by Gasteiger charge is 2.09. The molecule has 1 aromatic carbocycles. The molecular weight excluding hydrogens is 172 g/mol. The second-order valence-corrected chi connectivity index (χ2v) is 4.09. The van der Waals surface area contributed by atoms with Crippen molar-refractivity contribution in [2.45, 2.75) is 39.2 Å². The summed E-state index contributed by atoms with van der Waals surface area (Å²) in [6.07, 6.45) is 2.65. The van der Waals surface area contributed by atoms with Gasteiger partial charge in [0.2, 0.25) is 0 Å². The molecule has 0 fully saturated rings. The molecule has 0 amide bonds. The molecule has 0 aliphatic carbocycles. The van der Waals surface area contributed by atoms with Gasteiger partial charge < -0.3 is 5.11 Å². The fourth-order valence-electron chi connectivity index (χ4n) is 1.60. The molecule has 0 heterocycles. The van der Waals surface area contributed by atoms with Crippen molar-refractivity contribution in [1.82, 2.24) is 0 Å². The van der Waals surface area contributed by atoms with E-state index in [2.05, 4.69) is 26.0 Å². The maximum atomic E-state index is 9.80. The van der Waals surface area contributed by atoms with Crippen molar-refractivity contribution in [3.8, 4) is 0 Å². The molecule has 0 saturated heterocycles. The van der Waals surface area contributed by atoms with Gasteiger partial charge in [-0.1, -0.05) is 50.6 Å². The number of rotatable bonds is 5. The monoisotopic (exact) mass is 192 g/mol. The van der Waals surface area contributed by atoms with Crippen LogP contribution in [0, 0.1) is 5.92 Å². The number of benzene rings is 1. The Hall–Kier alpha value is -0.820. The van der Waals surface area contributed by atoms with Crippen LogP contribution in [0.25, 0.3) is 0 Å². The number of hydrogen-bond donors (Lipinski definition) is 1. The minimum Gasteiger partial charge on any atom is -0.393 e. The molecule has 1 heteroatoms. The topological polar surface area (TPSA) is 20.2 Å². The Balaban J connectivity index is 2.37. The van der Waals surface area contributed by atoms with E-state index in [0.29, 0.717) is 5.92 Å². The van der Waals surface area contributed by atoms with E-state index in [1.54, 1.807) is 0 Å². The zero-order chi connectivity index (χ0) is 10.4. The molecule has 14 heavy (non-hydrogen) atoms. The molecule has 0 aliphatic rings. The van der Waals surface area contributed by atoms with Crippen LogP contribution in [0.5, 0.6) is 0 Å². The first-order valence-electron chi connectivity index (χ1n) is 5.44. The second kappa shape index (κ2) is 5.82. The molecular formula is C13H20O. The van der Waals surface area contributed by atoms with Crippen LogP contribution in [0.4, 0.5) is 0 Å². The minimum absolute atomic E-state index is 0.188. The standard InChI is InChI=1S/C13H20O/c1-3-11(2)9-13(14)10-12-7-5-4-6-8-12/h4-8,11,13-14H,3,9-10H2,1-2H3. The summed E-state index contributed by atoms with van der Waals surface area (Å²) in [6.45, 7) is 4.36. The molecule has 2 atom stereocenters. The van der Waals surface area contributed by atoms with Gasteiger partial charge in [-0.2, -0.15) is 0 Å². The van der Waals surface area contributed by atoms with E-state index in [1.807, 2.05) is 18.2 Å². The Morgan fingerprint density at radius 1 is 1.21 bits per heavy atom. The third-order valence-electron chi connectivity index (χ3n) is 2.69. The van der Waals surface area contributed by atoms with Crippen molar-refractivity contribution >= 4 is 0 Å². The molecule has 2 unspecified atom stereocenters. The van der Waals surface area contributed by atoms with Gasteiger partial charge in [0.1, 0.15) is 0 Å². The van der Waals surface area contributed by atoms with Gasteiger partial charge in [0, 0.05) is 0 Å². The van der Waals surface area contributed by atoms with E-state index in [1.165, 1.54) is 5.56 Å². The van der Waals surface area contributed by atoms with E-state index < -0.39 is 0 Å². The van der Waals surface area contributed by atoms with Crippen LogP contribution in [0.2, 0.25) is 0 Å². The van der Waals surface area contributed by atoms with E-state index in [-0.39, 0.29) is 6.10 Å². The SMILES string of the molecule is CCC(C)CC(O)Cc1ccccc1. The van der Waals surface area contributed by atoms with Crippen LogP contribution < -0.4 is 0 Å². The van der Waals surface area contributed by atoms with Gasteiger partial charge in [-0.05, 0) is 24.3 Å². The predicted molar refractivity (Wildman–Crippen MR) is 60.2 cm³/mol. The van der Waals surface area contributed by atoms with Gasteiger partial charge in [-0.25, -0.2) is 0 Å². The average Bonchev–Trinajstić information content (AvgIpc) is 2.19. The van der Waals surface area contributed by atoms with Crippen molar-refractivity contribution in [3.63, 3.8) is 0 Å². The Kier molecular flexibility index (Phi) is 4.68. The third kappa shape index (κ3) is 3.93. The zero-order valence-corrected chi connectivity index (χ0v) is 9.11. The molecule has 0 bridgehead atoms. The minimum atomic E-state index is -0.188. The third-order valence-corrected chi connectivity index (χ3v) is 2.69. The Morgan fingerprint density at radius 2 is 1.86 bits per heavy atom. The van der Waals surface area contributed by atoms with Gasteiger partial charge in [0.05, 0.1) is 6.10 Å². The normalized spacial score (nSPS) is 15.1. The molecule has 0 aliphatic heterocycles. The van der Waals surface area contributed by atoms with Crippen molar-refractivity contribution in [3.05, 3.63) is 35.9 Å².